The number of hydrogen-bond acceptors (Lipinski definition) is 8. The van der Waals surface area contributed by atoms with Crippen molar-refractivity contribution in [3.05, 3.63) is 0 Å². The summed E-state index contributed by atoms with van der Waals surface area (Å²) in [4.78, 5) is 0. The third kappa shape index (κ3) is 8.29. The van der Waals surface area contributed by atoms with Gasteiger partial charge in [-0.2, -0.15) is 5.12 Å². The van der Waals surface area contributed by atoms with Gasteiger partial charge in [-0.1, -0.05) is 0 Å². The SMILES string of the molecule is N.NN(N)C(CO)OCCOCCO. The van der Waals surface area contributed by atoms with Crippen molar-refractivity contribution in [2.24, 2.45) is 11.7 Å². The van der Waals surface area contributed by atoms with Gasteiger partial charge in [-0.25, -0.2) is 0 Å². The Hall–Kier alpha value is -0.320. The number of aliphatic hydroxyl groups is 2. The molecule has 9 N–H and O–H groups in total. The lowest BCUT2D eigenvalue weighted by Gasteiger charge is -2.20. The van der Waals surface area contributed by atoms with Crippen LogP contribution in [0.1, 0.15) is 0 Å². The Morgan fingerprint density at radius 2 is 1.79 bits per heavy atom. The van der Waals surface area contributed by atoms with Gasteiger partial charge >= 0.3 is 0 Å². The molecule has 0 radical (unpaired) electrons. The summed E-state index contributed by atoms with van der Waals surface area (Å²) in [5, 5.41) is 17.8. The molecule has 8 heteroatoms. The van der Waals surface area contributed by atoms with E-state index in [4.69, 9.17) is 31.4 Å². The number of ether oxygens (including phenoxy) is 2. The van der Waals surface area contributed by atoms with Crippen LogP contribution >= 0.6 is 0 Å². The van der Waals surface area contributed by atoms with Gasteiger partial charge in [-0.15, -0.1) is 0 Å². The van der Waals surface area contributed by atoms with Crippen LogP contribution in [0.5, 0.6) is 0 Å². The summed E-state index contributed by atoms with van der Waals surface area (Å²) in [7, 11) is 0. The molecule has 88 valence electrons. The first-order valence-electron chi connectivity index (χ1n) is 3.92. The van der Waals surface area contributed by atoms with E-state index in [1.807, 2.05) is 0 Å². The maximum absolute atomic E-state index is 8.69. The standard InChI is InChI=1S/C6H17N3O4.H3N/c7-9(8)6(5-11)13-4-3-12-2-1-10;/h6,10-11H,1-5,7-8H2;1H3. The highest BCUT2D eigenvalue weighted by atomic mass is 16.5. The highest BCUT2D eigenvalue weighted by Gasteiger charge is 2.10. The van der Waals surface area contributed by atoms with Crippen LogP contribution in [0.3, 0.4) is 0 Å². The Morgan fingerprint density at radius 3 is 2.21 bits per heavy atom. The van der Waals surface area contributed by atoms with E-state index in [-0.39, 0.29) is 32.6 Å². The van der Waals surface area contributed by atoms with Crippen LogP contribution in [-0.4, -0.2) is 54.6 Å². The average molecular weight is 212 g/mol. The summed E-state index contributed by atoms with van der Waals surface area (Å²) in [6.45, 7) is 0.541. The van der Waals surface area contributed by atoms with E-state index >= 15 is 0 Å². The summed E-state index contributed by atoms with van der Waals surface area (Å²) >= 11 is 0. The number of nitrogens with two attached hydrogens (primary N) is 2. The van der Waals surface area contributed by atoms with Gasteiger partial charge in [-0.05, 0) is 0 Å². The van der Waals surface area contributed by atoms with Crippen LogP contribution in [0.25, 0.3) is 0 Å². The van der Waals surface area contributed by atoms with Gasteiger partial charge in [0.2, 0.25) is 0 Å². The smallest absolute Gasteiger partial charge is 0.160 e. The average Bonchev–Trinajstić information content (AvgIpc) is 2.10. The van der Waals surface area contributed by atoms with Crippen molar-refractivity contribution in [3.8, 4) is 0 Å². The van der Waals surface area contributed by atoms with Gasteiger partial charge in [-0.3, -0.25) is 11.7 Å². The van der Waals surface area contributed by atoms with Crippen molar-refractivity contribution in [2.45, 2.75) is 6.23 Å². The normalized spacial score (nSPS) is 12.6. The number of hydrogen-bond donors (Lipinski definition) is 5. The fourth-order valence-corrected chi connectivity index (χ4v) is 0.643. The zero-order valence-corrected chi connectivity index (χ0v) is 8.13. The third-order valence-corrected chi connectivity index (χ3v) is 1.26. The second-order valence-corrected chi connectivity index (χ2v) is 2.29. The zero-order valence-electron chi connectivity index (χ0n) is 8.13. The lowest BCUT2D eigenvalue weighted by molar-refractivity contribution is -0.103. The molecule has 0 aliphatic heterocycles. The number of rotatable bonds is 8. The lowest BCUT2D eigenvalue weighted by atomic mass is 10.6. The zero-order chi connectivity index (χ0) is 10.1. The minimum Gasteiger partial charge on any atom is -0.394 e. The van der Waals surface area contributed by atoms with E-state index in [9.17, 15) is 0 Å². The Balaban J connectivity index is 0. The minimum absolute atomic E-state index is 0. The molecule has 0 aromatic heterocycles. The Kier molecular flexibility index (Phi) is 12.4. The first-order valence-corrected chi connectivity index (χ1v) is 3.92. The number of aliphatic hydroxyl groups excluding tert-OH is 2. The van der Waals surface area contributed by atoms with Crippen LogP contribution in [0.2, 0.25) is 0 Å². The molecule has 1 atom stereocenters. The van der Waals surface area contributed by atoms with Crippen molar-refractivity contribution in [3.63, 3.8) is 0 Å². The second-order valence-electron chi connectivity index (χ2n) is 2.29. The molecular formula is C6H20N4O4. The first-order chi connectivity index (χ1) is 6.22. The van der Waals surface area contributed by atoms with Crippen molar-refractivity contribution in [1.82, 2.24) is 11.3 Å². The maximum Gasteiger partial charge on any atom is 0.160 e. The summed E-state index contributed by atoms with van der Waals surface area (Å²) in [6, 6.07) is 0. The molecule has 0 aliphatic rings. The van der Waals surface area contributed by atoms with Gasteiger partial charge in [0.15, 0.2) is 6.23 Å². The van der Waals surface area contributed by atoms with Crippen LogP contribution in [0.15, 0.2) is 0 Å². The first kappa shape index (κ1) is 16.1. The van der Waals surface area contributed by atoms with Gasteiger partial charge in [0.1, 0.15) is 0 Å². The monoisotopic (exact) mass is 212 g/mol. The molecule has 0 aromatic rings. The third-order valence-electron chi connectivity index (χ3n) is 1.26. The topological polar surface area (TPSA) is 149 Å². The predicted octanol–water partition coefficient (Wildman–Crippen LogP) is -2.46. The number of hydrazine groups is 2. The fourth-order valence-electron chi connectivity index (χ4n) is 0.643. The fraction of sp³-hybridized carbons (Fsp3) is 1.00. The molecule has 0 saturated heterocycles. The molecule has 0 heterocycles. The maximum atomic E-state index is 8.69. The van der Waals surface area contributed by atoms with Crippen molar-refractivity contribution < 1.29 is 19.7 Å². The van der Waals surface area contributed by atoms with E-state index in [1.54, 1.807) is 0 Å². The quantitative estimate of drug-likeness (QED) is 0.129. The summed E-state index contributed by atoms with van der Waals surface area (Å²) in [5.74, 6) is 10.3. The molecule has 0 spiro atoms. The van der Waals surface area contributed by atoms with Crippen LogP contribution in [-0.2, 0) is 9.47 Å². The van der Waals surface area contributed by atoms with Gasteiger partial charge < -0.3 is 25.8 Å². The van der Waals surface area contributed by atoms with Crippen LogP contribution in [0, 0.1) is 0 Å². The van der Waals surface area contributed by atoms with E-state index < -0.39 is 6.23 Å². The Morgan fingerprint density at radius 1 is 1.14 bits per heavy atom. The molecule has 0 bridgehead atoms. The number of nitrogens with zero attached hydrogens (tertiary/aromatic N) is 1. The van der Waals surface area contributed by atoms with Crippen molar-refractivity contribution in [2.75, 3.05) is 33.0 Å². The minimum atomic E-state index is -0.724. The predicted molar refractivity (Wildman–Crippen MR) is 50.0 cm³/mol. The molecular weight excluding hydrogens is 192 g/mol. The Bertz CT molecular complexity index is 116. The molecule has 14 heavy (non-hydrogen) atoms. The van der Waals surface area contributed by atoms with E-state index in [1.165, 1.54) is 0 Å². The lowest BCUT2D eigenvalue weighted by Crippen LogP contribution is -2.50. The molecule has 0 saturated carbocycles. The molecule has 0 amide bonds. The Labute approximate surface area is 82.9 Å². The van der Waals surface area contributed by atoms with E-state index in [0.717, 1.165) is 5.12 Å². The van der Waals surface area contributed by atoms with E-state index in [0.29, 0.717) is 6.61 Å². The summed E-state index contributed by atoms with van der Waals surface area (Å²) in [6.07, 6.45) is -0.724. The van der Waals surface area contributed by atoms with Gasteiger partial charge in [0, 0.05) is 0 Å². The van der Waals surface area contributed by atoms with E-state index in [2.05, 4.69) is 0 Å². The van der Waals surface area contributed by atoms with Crippen molar-refractivity contribution >= 4 is 0 Å². The largest absolute Gasteiger partial charge is 0.394 e. The summed E-state index contributed by atoms with van der Waals surface area (Å²) < 4.78 is 9.92. The molecule has 0 aromatic carbocycles. The molecule has 0 aliphatic carbocycles. The van der Waals surface area contributed by atoms with Gasteiger partial charge in [0.25, 0.3) is 0 Å². The molecule has 0 fully saturated rings. The van der Waals surface area contributed by atoms with Crippen LogP contribution in [0.4, 0.5) is 0 Å². The van der Waals surface area contributed by atoms with Crippen molar-refractivity contribution in [1.29, 1.82) is 0 Å². The molecule has 8 nitrogen and oxygen atoms in total. The van der Waals surface area contributed by atoms with Gasteiger partial charge in [0.05, 0.1) is 33.0 Å². The van der Waals surface area contributed by atoms with Crippen LogP contribution < -0.4 is 17.8 Å². The molecule has 1 unspecified atom stereocenters. The highest BCUT2D eigenvalue weighted by molar-refractivity contribution is 4.46. The molecule has 0 rings (SSSR count). The highest BCUT2D eigenvalue weighted by Crippen LogP contribution is 1.90. The second kappa shape index (κ2) is 10.8. The summed E-state index contributed by atoms with van der Waals surface area (Å²) in [5.41, 5.74) is 0.